The topological polar surface area (TPSA) is 84.9 Å². The summed E-state index contributed by atoms with van der Waals surface area (Å²) in [6, 6.07) is 0.671. The SMILES string of the molecule is CCCCCCCCC(CCCCCC)CC(=O)NCCCCCN(CCCCCNC(=O)CC(CCCCCC)CCCCCCCC)CCN(CCO)C1CC1. The number of amides is 2. The van der Waals surface area contributed by atoms with Gasteiger partial charge in [0.1, 0.15) is 0 Å². The maximum Gasteiger partial charge on any atom is 0.220 e. The molecule has 0 aliphatic heterocycles. The lowest BCUT2D eigenvalue weighted by Gasteiger charge is -2.27. The normalized spacial score (nSPS) is 14.1. The molecule has 0 aromatic heterocycles. The highest BCUT2D eigenvalue weighted by atomic mass is 16.3. The maximum atomic E-state index is 13.0. The van der Waals surface area contributed by atoms with Gasteiger partial charge in [0.05, 0.1) is 6.61 Å². The Morgan fingerprint density at radius 2 is 0.828 bits per heavy atom. The van der Waals surface area contributed by atoms with Gasteiger partial charge in [0.2, 0.25) is 11.8 Å². The van der Waals surface area contributed by atoms with E-state index in [1.54, 1.807) is 0 Å². The zero-order valence-corrected chi connectivity index (χ0v) is 39.6. The molecule has 0 saturated heterocycles. The molecule has 0 aromatic carbocycles. The van der Waals surface area contributed by atoms with Crippen molar-refractivity contribution in [3.05, 3.63) is 0 Å². The molecule has 1 saturated carbocycles. The molecule has 7 heteroatoms. The molecule has 58 heavy (non-hydrogen) atoms. The second-order valence-corrected chi connectivity index (χ2v) is 18.6. The number of carbonyl (C=O) groups is 2. The standard InChI is InChI=1S/C51H102N4O3/c1-5-9-13-17-19-25-33-47(31-23-15-11-7-3)45-50(57)52-37-27-21-29-39-54(41-42-55(43-44-56)49-35-36-49)40-30-22-28-38-53-51(58)46-48(32-24-16-12-8-4)34-26-20-18-14-10-6-2/h47-49,56H,5-46H2,1-4H3,(H,52,57)(H,53,58). The molecule has 1 aliphatic rings. The first-order chi connectivity index (χ1) is 28.5. The summed E-state index contributed by atoms with van der Waals surface area (Å²) < 4.78 is 0. The Balaban J connectivity index is 2.43. The van der Waals surface area contributed by atoms with E-state index in [2.05, 4.69) is 48.1 Å². The highest BCUT2D eigenvalue weighted by Crippen LogP contribution is 2.26. The van der Waals surface area contributed by atoms with Crippen LogP contribution in [0.25, 0.3) is 0 Å². The van der Waals surface area contributed by atoms with Crippen LogP contribution in [0.5, 0.6) is 0 Å². The minimum absolute atomic E-state index is 0.241. The van der Waals surface area contributed by atoms with Crippen molar-refractivity contribution in [2.24, 2.45) is 11.8 Å². The van der Waals surface area contributed by atoms with Crippen molar-refractivity contribution in [3.8, 4) is 0 Å². The fraction of sp³-hybridized carbons (Fsp3) is 0.961. The fourth-order valence-corrected chi connectivity index (χ4v) is 8.89. The van der Waals surface area contributed by atoms with Crippen molar-refractivity contribution >= 4 is 11.8 Å². The highest BCUT2D eigenvalue weighted by Gasteiger charge is 2.28. The van der Waals surface area contributed by atoms with Gasteiger partial charge in [-0.1, -0.05) is 169 Å². The minimum atomic E-state index is 0.241. The van der Waals surface area contributed by atoms with E-state index in [0.29, 0.717) is 30.7 Å². The van der Waals surface area contributed by atoms with Crippen LogP contribution in [0.15, 0.2) is 0 Å². The average molecular weight is 819 g/mol. The van der Waals surface area contributed by atoms with Crippen LogP contribution in [-0.2, 0) is 9.59 Å². The molecular weight excluding hydrogens is 717 g/mol. The van der Waals surface area contributed by atoms with Crippen LogP contribution in [0.4, 0.5) is 0 Å². The summed E-state index contributed by atoms with van der Waals surface area (Å²) >= 11 is 0. The number of nitrogens with zero attached hydrogens (tertiary/aromatic N) is 2. The molecule has 0 bridgehead atoms. The minimum Gasteiger partial charge on any atom is -0.395 e. The largest absolute Gasteiger partial charge is 0.395 e. The lowest BCUT2D eigenvalue weighted by molar-refractivity contribution is -0.123. The lowest BCUT2D eigenvalue weighted by atomic mass is 9.91. The fourth-order valence-electron chi connectivity index (χ4n) is 8.89. The summed E-state index contributed by atoms with van der Waals surface area (Å²) in [5.41, 5.74) is 0. The lowest BCUT2D eigenvalue weighted by Crippen LogP contribution is -2.38. The Bertz CT molecular complexity index is 841. The number of carbonyl (C=O) groups excluding carboxylic acids is 2. The van der Waals surface area contributed by atoms with E-state index in [1.807, 2.05) is 0 Å². The van der Waals surface area contributed by atoms with Crippen LogP contribution in [0.3, 0.4) is 0 Å². The van der Waals surface area contributed by atoms with E-state index in [4.69, 9.17) is 0 Å². The zero-order valence-electron chi connectivity index (χ0n) is 39.6. The Morgan fingerprint density at radius 3 is 1.21 bits per heavy atom. The number of rotatable bonds is 46. The second kappa shape index (κ2) is 41.2. The van der Waals surface area contributed by atoms with E-state index < -0.39 is 0 Å². The molecule has 1 fully saturated rings. The number of unbranched alkanes of at least 4 members (excludes halogenated alkanes) is 20. The molecule has 3 N–H and O–H groups in total. The third-order valence-corrected chi connectivity index (χ3v) is 12.9. The molecule has 2 atom stereocenters. The van der Waals surface area contributed by atoms with Gasteiger partial charge in [-0.3, -0.25) is 14.5 Å². The van der Waals surface area contributed by atoms with Crippen LogP contribution in [0, 0.1) is 11.8 Å². The monoisotopic (exact) mass is 819 g/mol. The van der Waals surface area contributed by atoms with Crippen molar-refractivity contribution < 1.29 is 14.7 Å². The summed E-state index contributed by atoms with van der Waals surface area (Å²) in [7, 11) is 0. The Kier molecular flexibility index (Phi) is 38.9. The number of hydrogen-bond acceptors (Lipinski definition) is 5. The van der Waals surface area contributed by atoms with Gasteiger partial charge in [0.25, 0.3) is 0 Å². The smallest absolute Gasteiger partial charge is 0.220 e. The summed E-state index contributed by atoms with van der Waals surface area (Å²) in [4.78, 5) is 31.1. The summed E-state index contributed by atoms with van der Waals surface area (Å²) in [6.45, 7) is 16.0. The predicted octanol–water partition coefficient (Wildman–Crippen LogP) is 12.8. The quantitative estimate of drug-likeness (QED) is 0.0533. The molecule has 2 amide bonds. The molecule has 0 aromatic rings. The van der Waals surface area contributed by atoms with Gasteiger partial charge < -0.3 is 20.6 Å². The molecule has 1 rings (SSSR count). The second-order valence-electron chi connectivity index (χ2n) is 18.6. The Labute approximate surface area is 362 Å². The molecular formula is C51H102N4O3. The van der Waals surface area contributed by atoms with Gasteiger partial charge in [-0.25, -0.2) is 0 Å². The molecule has 344 valence electrons. The van der Waals surface area contributed by atoms with E-state index in [0.717, 1.165) is 84.3 Å². The Morgan fingerprint density at radius 1 is 0.466 bits per heavy atom. The van der Waals surface area contributed by atoms with Gasteiger partial charge in [-0.15, -0.1) is 0 Å². The summed E-state index contributed by atoms with van der Waals surface area (Å²) in [5.74, 6) is 1.63. The Hall–Kier alpha value is -1.18. The first kappa shape index (κ1) is 54.8. The molecule has 0 spiro atoms. The number of aliphatic hydroxyl groups excluding tert-OH is 1. The van der Waals surface area contributed by atoms with E-state index in [-0.39, 0.29) is 18.4 Å². The first-order valence-corrected chi connectivity index (χ1v) is 26.1. The van der Waals surface area contributed by atoms with Crippen LogP contribution >= 0.6 is 0 Å². The highest BCUT2D eigenvalue weighted by molar-refractivity contribution is 5.76. The molecule has 2 unspecified atom stereocenters. The third kappa shape index (κ3) is 34.5. The van der Waals surface area contributed by atoms with Crippen molar-refractivity contribution in [1.82, 2.24) is 20.4 Å². The number of nitrogens with one attached hydrogen (secondary N) is 2. The molecule has 0 radical (unpaired) electrons. The summed E-state index contributed by atoms with van der Waals surface area (Å²) in [5, 5.41) is 16.2. The van der Waals surface area contributed by atoms with Gasteiger partial charge >= 0.3 is 0 Å². The van der Waals surface area contributed by atoms with E-state index in [1.165, 1.54) is 167 Å². The van der Waals surface area contributed by atoms with Crippen LogP contribution in [-0.4, -0.2) is 85.2 Å². The average Bonchev–Trinajstić information content (AvgIpc) is 4.07. The first-order valence-electron chi connectivity index (χ1n) is 26.1. The van der Waals surface area contributed by atoms with Gasteiger partial charge in [0.15, 0.2) is 0 Å². The molecule has 0 heterocycles. The third-order valence-electron chi connectivity index (χ3n) is 12.9. The van der Waals surface area contributed by atoms with Gasteiger partial charge in [0, 0.05) is 51.6 Å². The number of hydrogen-bond donors (Lipinski definition) is 3. The van der Waals surface area contributed by atoms with Gasteiger partial charge in [-0.05, 0) is 89.1 Å². The molecule has 1 aliphatic carbocycles. The predicted molar refractivity (Wildman–Crippen MR) is 252 cm³/mol. The van der Waals surface area contributed by atoms with E-state index in [9.17, 15) is 14.7 Å². The van der Waals surface area contributed by atoms with Crippen molar-refractivity contribution in [2.45, 2.75) is 252 Å². The van der Waals surface area contributed by atoms with Crippen molar-refractivity contribution in [2.75, 3.05) is 52.4 Å². The van der Waals surface area contributed by atoms with Gasteiger partial charge in [-0.2, -0.15) is 0 Å². The van der Waals surface area contributed by atoms with Crippen LogP contribution in [0.1, 0.15) is 246 Å². The van der Waals surface area contributed by atoms with E-state index >= 15 is 0 Å². The van der Waals surface area contributed by atoms with Crippen molar-refractivity contribution in [3.63, 3.8) is 0 Å². The maximum absolute atomic E-state index is 13.0. The van der Waals surface area contributed by atoms with Crippen molar-refractivity contribution in [1.29, 1.82) is 0 Å². The number of aliphatic hydroxyl groups is 1. The summed E-state index contributed by atoms with van der Waals surface area (Å²) in [6.07, 6.45) is 41.7. The van der Waals surface area contributed by atoms with Crippen LogP contribution in [0.2, 0.25) is 0 Å². The van der Waals surface area contributed by atoms with Crippen LogP contribution < -0.4 is 10.6 Å². The molecule has 7 nitrogen and oxygen atoms in total. The zero-order chi connectivity index (χ0) is 42.2.